The smallest absolute Gasteiger partial charge is 0.314 e. The Hall–Kier alpha value is -0.645. The summed E-state index contributed by atoms with van der Waals surface area (Å²) >= 11 is 0.680. The number of carbonyl (C=O) groups excluding carboxylic acids is 1. The normalized spacial score (nSPS) is 8.80. The van der Waals surface area contributed by atoms with Gasteiger partial charge in [-0.05, 0) is 6.44 Å². The average molecular weight is 159 g/mol. The van der Waals surface area contributed by atoms with Crippen LogP contribution in [0.5, 0.6) is 0 Å². The summed E-state index contributed by atoms with van der Waals surface area (Å²) in [7, 11) is 4.94. The standard InChI is InChI=1S/C4H6BNO3S/c5-2-6-4(9)10-1-3(7)8/h1-2H2,(H,6,9)(H,7,8). The van der Waals surface area contributed by atoms with Crippen molar-refractivity contribution in [3.05, 3.63) is 0 Å². The quantitative estimate of drug-likeness (QED) is 0.551. The third kappa shape index (κ3) is 5.49. The Morgan fingerprint density at radius 3 is 2.60 bits per heavy atom. The van der Waals surface area contributed by atoms with Crippen molar-refractivity contribution < 1.29 is 14.7 Å². The Labute approximate surface area is 63.8 Å². The number of aliphatic carboxylic acids is 1. The molecular formula is C4H6BNO3S. The first-order valence-corrected chi connectivity index (χ1v) is 3.48. The van der Waals surface area contributed by atoms with E-state index in [1.807, 2.05) is 0 Å². The number of hydrogen-bond acceptors (Lipinski definition) is 3. The van der Waals surface area contributed by atoms with E-state index in [4.69, 9.17) is 13.0 Å². The van der Waals surface area contributed by atoms with Gasteiger partial charge in [-0.3, -0.25) is 9.59 Å². The van der Waals surface area contributed by atoms with Crippen molar-refractivity contribution >= 4 is 30.8 Å². The lowest BCUT2D eigenvalue weighted by Gasteiger charge is -1.97. The molecule has 4 nitrogen and oxygen atoms in total. The Bertz CT molecular complexity index is 140. The van der Waals surface area contributed by atoms with Crippen LogP contribution in [0.2, 0.25) is 0 Å². The minimum atomic E-state index is -1.02. The van der Waals surface area contributed by atoms with Crippen molar-refractivity contribution in [2.75, 3.05) is 12.2 Å². The fourth-order valence-corrected chi connectivity index (χ4v) is 0.702. The maximum atomic E-state index is 10.5. The van der Waals surface area contributed by atoms with E-state index < -0.39 is 11.2 Å². The van der Waals surface area contributed by atoms with Crippen molar-refractivity contribution in [2.24, 2.45) is 0 Å². The molecule has 0 saturated carbocycles. The van der Waals surface area contributed by atoms with Crippen LogP contribution in [0, 0.1) is 0 Å². The molecule has 10 heavy (non-hydrogen) atoms. The summed E-state index contributed by atoms with van der Waals surface area (Å²) in [6.07, 6.45) is 0.0332. The Balaban J connectivity index is 3.30. The highest BCUT2D eigenvalue weighted by atomic mass is 32.2. The summed E-state index contributed by atoms with van der Waals surface area (Å²) < 4.78 is 0. The average Bonchev–Trinajstić information content (AvgIpc) is 1.85. The van der Waals surface area contributed by atoms with Crippen LogP contribution in [0.25, 0.3) is 0 Å². The second-order valence-corrected chi connectivity index (χ2v) is 2.30. The van der Waals surface area contributed by atoms with Crippen LogP contribution in [0.3, 0.4) is 0 Å². The van der Waals surface area contributed by atoms with E-state index in [9.17, 15) is 9.59 Å². The SMILES string of the molecule is [B]CNC(=O)SCC(=O)O. The molecule has 0 saturated heterocycles. The van der Waals surface area contributed by atoms with Crippen LogP contribution in [-0.2, 0) is 4.79 Å². The number of thioether (sulfide) groups is 1. The van der Waals surface area contributed by atoms with E-state index in [-0.39, 0.29) is 12.2 Å². The summed E-state index contributed by atoms with van der Waals surface area (Å²) in [4.78, 5) is 20.3. The summed E-state index contributed by atoms with van der Waals surface area (Å²) in [6, 6.07) is 0. The second kappa shape index (κ2) is 5.16. The summed E-state index contributed by atoms with van der Waals surface area (Å²) in [6.45, 7) is 0. The van der Waals surface area contributed by atoms with Gasteiger partial charge in [0.25, 0.3) is 5.24 Å². The lowest BCUT2D eigenvalue weighted by atomic mass is 10.2. The monoisotopic (exact) mass is 159 g/mol. The zero-order valence-corrected chi connectivity index (χ0v) is 5.98. The first kappa shape index (κ1) is 9.35. The molecule has 0 aliphatic carbocycles. The predicted molar refractivity (Wildman–Crippen MR) is 39.2 cm³/mol. The van der Waals surface area contributed by atoms with Gasteiger partial charge in [0, 0.05) is 0 Å². The van der Waals surface area contributed by atoms with Gasteiger partial charge in [0.05, 0.1) is 7.85 Å². The highest BCUT2D eigenvalue weighted by Gasteiger charge is 2.02. The van der Waals surface area contributed by atoms with E-state index in [0.29, 0.717) is 11.8 Å². The highest BCUT2D eigenvalue weighted by molar-refractivity contribution is 8.14. The van der Waals surface area contributed by atoms with Gasteiger partial charge in [-0.15, -0.1) is 0 Å². The van der Waals surface area contributed by atoms with Gasteiger partial charge in [0.1, 0.15) is 5.75 Å². The number of carboxylic acid groups (broad SMARTS) is 1. The molecule has 0 unspecified atom stereocenters. The summed E-state index contributed by atoms with van der Waals surface area (Å²) in [5.41, 5.74) is 0. The molecule has 0 aromatic carbocycles. The van der Waals surface area contributed by atoms with E-state index in [1.165, 1.54) is 0 Å². The number of nitrogens with one attached hydrogen (secondary N) is 1. The van der Waals surface area contributed by atoms with Gasteiger partial charge in [0.15, 0.2) is 0 Å². The molecule has 0 bridgehead atoms. The van der Waals surface area contributed by atoms with Crippen LogP contribution in [-0.4, -0.2) is 36.4 Å². The second-order valence-electron chi connectivity index (χ2n) is 1.35. The molecule has 0 atom stereocenters. The van der Waals surface area contributed by atoms with Gasteiger partial charge in [-0.1, -0.05) is 11.8 Å². The molecule has 0 aromatic rings. The third-order valence-electron chi connectivity index (χ3n) is 0.573. The molecule has 0 spiro atoms. The van der Waals surface area contributed by atoms with Crippen LogP contribution >= 0.6 is 11.8 Å². The maximum absolute atomic E-state index is 10.5. The molecule has 0 aliphatic rings. The number of amides is 1. The van der Waals surface area contributed by atoms with Crippen LogP contribution in [0.4, 0.5) is 4.79 Å². The molecule has 0 aromatic heterocycles. The lowest BCUT2D eigenvalue weighted by molar-refractivity contribution is -0.133. The van der Waals surface area contributed by atoms with Gasteiger partial charge in [0.2, 0.25) is 0 Å². The molecule has 6 heteroatoms. The van der Waals surface area contributed by atoms with Crippen LogP contribution in [0.15, 0.2) is 0 Å². The maximum Gasteiger partial charge on any atom is 0.314 e. The van der Waals surface area contributed by atoms with Crippen LogP contribution < -0.4 is 5.32 Å². The molecule has 0 fully saturated rings. The molecule has 1 amide bonds. The fourth-order valence-electron chi connectivity index (χ4n) is 0.262. The van der Waals surface area contributed by atoms with E-state index in [0.717, 1.165) is 0 Å². The van der Waals surface area contributed by atoms with Crippen molar-refractivity contribution in [2.45, 2.75) is 0 Å². The summed E-state index contributed by atoms with van der Waals surface area (Å²) in [5.74, 6) is -1.25. The van der Waals surface area contributed by atoms with Gasteiger partial charge >= 0.3 is 5.97 Å². The number of carbonyl (C=O) groups is 2. The minimum absolute atomic E-state index is 0.0332. The molecule has 0 rings (SSSR count). The Kier molecular flexibility index (Phi) is 4.83. The molecular weight excluding hydrogens is 153 g/mol. The molecule has 2 radical (unpaired) electrons. The third-order valence-corrected chi connectivity index (χ3v) is 1.37. The largest absolute Gasteiger partial charge is 0.481 e. The van der Waals surface area contributed by atoms with Gasteiger partial charge in [-0.25, -0.2) is 0 Å². The fraction of sp³-hybridized carbons (Fsp3) is 0.500. The van der Waals surface area contributed by atoms with Gasteiger partial charge < -0.3 is 10.4 Å². The molecule has 0 aliphatic heterocycles. The van der Waals surface area contributed by atoms with Crippen molar-refractivity contribution in [3.8, 4) is 0 Å². The lowest BCUT2D eigenvalue weighted by Crippen LogP contribution is -2.21. The molecule has 0 heterocycles. The number of hydrogen-bond donors (Lipinski definition) is 2. The summed E-state index contributed by atoms with van der Waals surface area (Å²) in [5, 5.41) is 9.93. The topological polar surface area (TPSA) is 66.4 Å². The highest BCUT2D eigenvalue weighted by Crippen LogP contribution is 1.98. The van der Waals surface area contributed by atoms with E-state index in [1.54, 1.807) is 0 Å². The van der Waals surface area contributed by atoms with E-state index >= 15 is 0 Å². The van der Waals surface area contributed by atoms with Crippen molar-refractivity contribution in [1.29, 1.82) is 0 Å². The van der Waals surface area contributed by atoms with E-state index in [2.05, 4.69) is 5.32 Å². The first-order valence-electron chi connectivity index (χ1n) is 2.49. The van der Waals surface area contributed by atoms with Crippen molar-refractivity contribution in [1.82, 2.24) is 5.32 Å². The first-order chi connectivity index (χ1) is 4.66. The van der Waals surface area contributed by atoms with Gasteiger partial charge in [-0.2, -0.15) is 0 Å². The predicted octanol–water partition coefficient (Wildman–Crippen LogP) is -0.360. The van der Waals surface area contributed by atoms with Crippen LogP contribution in [0.1, 0.15) is 0 Å². The Morgan fingerprint density at radius 2 is 2.20 bits per heavy atom. The minimum Gasteiger partial charge on any atom is -0.481 e. The zero-order chi connectivity index (χ0) is 7.98. The Morgan fingerprint density at radius 1 is 1.60 bits per heavy atom. The zero-order valence-electron chi connectivity index (χ0n) is 5.16. The van der Waals surface area contributed by atoms with Crippen molar-refractivity contribution in [3.63, 3.8) is 0 Å². The molecule has 54 valence electrons. The number of carboxylic acids is 1. The molecule has 2 N–H and O–H groups in total. The number of rotatable bonds is 3.